The number of hydrogen-bond donors (Lipinski definition) is 1. The maximum atomic E-state index is 11.5. The van der Waals surface area contributed by atoms with Crippen LogP contribution in [0.4, 0.5) is 4.79 Å². The smallest absolute Gasteiger partial charge is 0.314 e. The predicted octanol–water partition coefficient (Wildman–Crippen LogP) is 1.04. The van der Waals surface area contributed by atoms with E-state index >= 15 is 0 Å². The van der Waals surface area contributed by atoms with Gasteiger partial charge < -0.3 is 24.5 Å². The summed E-state index contributed by atoms with van der Waals surface area (Å²) in [5.74, 6) is 0.943. The third kappa shape index (κ3) is 4.04. The largest absolute Gasteiger partial charge is 0.468 e. The maximum Gasteiger partial charge on any atom is 0.314 e. The van der Waals surface area contributed by atoms with Crippen molar-refractivity contribution in [3.8, 4) is 0 Å². The monoisotopic (exact) mass is 323 g/mol. The number of primary amides is 1. The van der Waals surface area contributed by atoms with Crippen molar-refractivity contribution in [3.63, 3.8) is 0 Å². The fourth-order valence-electron chi connectivity index (χ4n) is 3.42. The van der Waals surface area contributed by atoms with Crippen LogP contribution in [0.3, 0.4) is 0 Å². The van der Waals surface area contributed by atoms with Gasteiger partial charge in [0.2, 0.25) is 0 Å². The molecule has 0 radical (unpaired) electrons. The van der Waals surface area contributed by atoms with Crippen LogP contribution >= 0.6 is 0 Å². The Morgan fingerprint density at radius 3 is 3.17 bits per heavy atom. The molecule has 0 bridgehead atoms. The lowest BCUT2D eigenvalue weighted by Gasteiger charge is -2.31. The van der Waals surface area contributed by atoms with Gasteiger partial charge in [-0.15, -0.1) is 0 Å². The Morgan fingerprint density at radius 2 is 2.43 bits per heavy atom. The van der Waals surface area contributed by atoms with Gasteiger partial charge >= 0.3 is 6.03 Å². The minimum atomic E-state index is -0.415. The summed E-state index contributed by atoms with van der Waals surface area (Å²) in [6, 6.07) is 3.46. The molecule has 2 atom stereocenters. The van der Waals surface area contributed by atoms with E-state index in [9.17, 15) is 4.79 Å². The van der Waals surface area contributed by atoms with Crippen LogP contribution in [0.15, 0.2) is 22.8 Å². The Bertz CT molecular complexity index is 521. The number of amides is 2. The molecule has 0 saturated carbocycles. The molecule has 3 rings (SSSR count). The minimum Gasteiger partial charge on any atom is -0.468 e. The van der Waals surface area contributed by atoms with Crippen molar-refractivity contribution >= 4 is 6.03 Å². The summed E-state index contributed by atoms with van der Waals surface area (Å²) in [6.07, 6.45) is 3.66. The highest BCUT2D eigenvalue weighted by molar-refractivity contribution is 5.72. The molecular weight excluding hydrogens is 298 g/mol. The van der Waals surface area contributed by atoms with Crippen LogP contribution in [-0.2, 0) is 16.0 Å². The Morgan fingerprint density at radius 1 is 1.57 bits per heavy atom. The van der Waals surface area contributed by atoms with Crippen molar-refractivity contribution in [2.75, 3.05) is 39.9 Å². The van der Waals surface area contributed by atoms with Gasteiger partial charge in [0.25, 0.3) is 0 Å². The van der Waals surface area contributed by atoms with Gasteiger partial charge in [0.15, 0.2) is 0 Å². The van der Waals surface area contributed by atoms with Gasteiger partial charge in [-0.05, 0) is 32.0 Å². The molecular formula is C16H25N3O4. The average Bonchev–Trinajstić information content (AvgIpc) is 3.07. The summed E-state index contributed by atoms with van der Waals surface area (Å²) < 4.78 is 17.3. The van der Waals surface area contributed by atoms with E-state index in [1.54, 1.807) is 11.2 Å². The number of urea groups is 1. The van der Waals surface area contributed by atoms with E-state index in [0.29, 0.717) is 26.3 Å². The molecule has 2 fully saturated rings. The van der Waals surface area contributed by atoms with Crippen molar-refractivity contribution < 1.29 is 18.7 Å². The van der Waals surface area contributed by atoms with Gasteiger partial charge in [0, 0.05) is 13.1 Å². The molecule has 128 valence electrons. The van der Waals surface area contributed by atoms with Crippen LogP contribution < -0.4 is 5.73 Å². The number of ether oxygens (including phenoxy) is 2. The first-order valence-electron chi connectivity index (χ1n) is 8.07. The summed E-state index contributed by atoms with van der Waals surface area (Å²) in [5.41, 5.74) is 5.02. The fraction of sp³-hybridized carbons (Fsp3) is 0.688. The second-order valence-corrected chi connectivity index (χ2v) is 6.55. The van der Waals surface area contributed by atoms with Gasteiger partial charge in [-0.1, -0.05) is 0 Å². The molecule has 7 nitrogen and oxygen atoms in total. The Balaban J connectivity index is 1.55. The molecule has 0 aliphatic carbocycles. The number of hydrogen-bond acceptors (Lipinski definition) is 5. The van der Waals surface area contributed by atoms with Crippen molar-refractivity contribution in [2.45, 2.75) is 31.1 Å². The molecule has 1 aromatic rings. The third-order valence-corrected chi connectivity index (χ3v) is 4.52. The summed E-state index contributed by atoms with van der Waals surface area (Å²) >= 11 is 0. The van der Waals surface area contributed by atoms with E-state index in [1.807, 2.05) is 12.1 Å². The fourth-order valence-corrected chi connectivity index (χ4v) is 3.42. The zero-order valence-electron chi connectivity index (χ0n) is 13.6. The van der Waals surface area contributed by atoms with Crippen molar-refractivity contribution in [3.05, 3.63) is 24.2 Å². The SMILES string of the molecule is CN(Cc1ccco1)C[C@@H]1CC[C@]2(COCCN(C(N)=O)C2)O1. The summed E-state index contributed by atoms with van der Waals surface area (Å²) in [5, 5.41) is 0. The van der Waals surface area contributed by atoms with Gasteiger partial charge in [-0.25, -0.2) is 4.79 Å². The van der Waals surface area contributed by atoms with E-state index in [0.717, 1.165) is 31.7 Å². The first-order chi connectivity index (χ1) is 11.1. The Kier molecular flexibility index (Phi) is 4.89. The van der Waals surface area contributed by atoms with Crippen molar-refractivity contribution in [1.82, 2.24) is 9.80 Å². The molecule has 1 spiro atoms. The summed E-state index contributed by atoms with van der Waals surface area (Å²) in [4.78, 5) is 15.3. The second-order valence-electron chi connectivity index (χ2n) is 6.55. The quantitative estimate of drug-likeness (QED) is 0.895. The first-order valence-corrected chi connectivity index (χ1v) is 8.07. The molecule has 2 N–H and O–H groups in total. The normalized spacial score (nSPS) is 28.4. The number of carbonyl (C=O) groups excluding carboxylic acids is 1. The number of carbonyl (C=O) groups is 1. The van der Waals surface area contributed by atoms with Gasteiger partial charge in [-0.3, -0.25) is 4.90 Å². The Hall–Kier alpha value is -1.57. The topological polar surface area (TPSA) is 81.2 Å². The molecule has 7 heteroatoms. The van der Waals surface area contributed by atoms with E-state index in [-0.39, 0.29) is 6.10 Å². The van der Waals surface area contributed by atoms with E-state index in [1.165, 1.54) is 0 Å². The van der Waals surface area contributed by atoms with Crippen LogP contribution in [0.2, 0.25) is 0 Å². The number of rotatable bonds is 4. The second kappa shape index (κ2) is 6.90. The molecule has 3 heterocycles. The van der Waals surface area contributed by atoms with Crippen LogP contribution in [0.25, 0.3) is 0 Å². The number of nitrogens with zero attached hydrogens (tertiary/aromatic N) is 2. The summed E-state index contributed by atoms with van der Waals surface area (Å²) in [7, 11) is 2.05. The lowest BCUT2D eigenvalue weighted by Crippen LogP contribution is -2.48. The highest BCUT2D eigenvalue weighted by Crippen LogP contribution is 2.33. The standard InChI is InChI=1S/C16H25N3O4/c1-18(9-13-3-2-7-22-13)10-14-4-5-16(23-14)11-19(15(17)20)6-8-21-12-16/h2-3,7,14H,4-6,8-12H2,1H3,(H2,17,20)/t14-,16-/m0/s1. The number of furan rings is 1. The van der Waals surface area contributed by atoms with Crippen LogP contribution in [0.5, 0.6) is 0 Å². The highest BCUT2D eigenvalue weighted by Gasteiger charge is 2.43. The molecule has 2 amide bonds. The molecule has 2 saturated heterocycles. The predicted molar refractivity (Wildman–Crippen MR) is 83.9 cm³/mol. The molecule has 0 unspecified atom stereocenters. The van der Waals surface area contributed by atoms with Gasteiger partial charge in [0.05, 0.1) is 38.7 Å². The van der Waals surface area contributed by atoms with Gasteiger partial charge in [-0.2, -0.15) is 0 Å². The Labute approximate surface area is 136 Å². The molecule has 23 heavy (non-hydrogen) atoms. The van der Waals surface area contributed by atoms with Crippen molar-refractivity contribution in [2.24, 2.45) is 5.73 Å². The zero-order valence-corrected chi connectivity index (χ0v) is 13.6. The van der Waals surface area contributed by atoms with E-state index in [2.05, 4.69) is 11.9 Å². The molecule has 1 aromatic heterocycles. The van der Waals surface area contributed by atoms with Crippen LogP contribution in [0, 0.1) is 0 Å². The molecule has 2 aliphatic heterocycles. The number of likely N-dealkylation sites (N-methyl/N-ethyl adjacent to an activating group) is 1. The van der Waals surface area contributed by atoms with E-state index < -0.39 is 11.6 Å². The highest BCUT2D eigenvalue weighted by atomic mass is 16.6. The van der Waals surface area contributed by atoms with Crippen molar-refractivity contribution in [1.29, 1.82) is 0 Å². The lowest BCUT2D eigenvalue weighted by molar-refractivity contribution is -0.0888. The maximum absolute atomic E-state index is 11.5. The summed E-state index contributed by atoms with van der Waals surface area (Å²) in [6.45, 7) is 3.65. The van der Waals surface area contributed by atoms with Gasteiger partial charge in [0.1, 0.15) is 11.4 Å². The van der Waals surface area contributed by atoms with Crippen LogP contribution in [-0.4, -0.2) is 67.4 Å². The van der Waals surface area contributed by atoms with E-state index in [4.69, 9.17) is 19.6 Å². The average molecular weight is 323 g/mol. The minimum absolute atomic E-state index is 0.131. The third-order valence-electron chi connectivity index (χ3n) is 4.52. The molecule has 2 aliphatic rings. The van der Waals surface area contributed by atoms with Crippen LogP contribution in [0.1, 0.15) is 18.6 Å². The first kappa shape index (κ1) is 16.3. The number of nitrogens with two attached hydrogens (primary N) is 1. The molecule has 0 aromatic carbocycles. The zero-order chi connectivity index (χ0) is 16.3. The lowest BCUT2D eigenvalue weighted by atomic mass is 10.00.